The molecule has 0 spiro atoms. The molecular formula is C19H21N3O. The van der Waals surface area contributed by atoms with Gasteiger partial charge in [-0.1, -0.05) is 48.5 Å². The Kier molecular flexibility index (Phi) is 4.44. The zero-order valence-electron chi connectivity index (χ0n) is 13.2. The van der Waals surface area contributed by atoms with Crippen molar-refractivity contribution >= 4 is 16.8 Å². The number of amides is 1. The van der Waals surface area contributed by atoms with Gasteiger partial charge >= 0.3 is 0 Å². The van der Waals surface area contributed by atoms with Crippen LogP contribution in [0.1, 0.15) is 11.1 Å². The second-order valence-corrected chi connectivity index (χ2v) is 5.85. The Balaban J connectivity index is 1.67. The molecule has 0 bridgehead atoms. The van der Waals surface area contributed by atoms with Crippen LogP contribution in [-0.4, -0.2) is 28.9 Å². The lowest BCUT2D eigenvalue weighted by Gasteiger charge is -2.21. The van der Waals surface area contributed by atoms with Crippen LogP contribution in [0.4, 0.5) is 0 Å². The number of fused-ring (bicyclic) bond motifs is 1. The maximum Gasteiger partial charge on any atom is 0.239 e. The molecule has 2 aromatic carbocycles. The van der Waals surface area contributed by atoms with Crippen molar-refractivity contribution in [3.8, 4) is 0 Å². The number of aromatic nitrogens is 1. The van der Waals surface area contributed by atoms with E-state index < -0.39 is 6.04 Å². The molecule has 0 radical (unpaired) electrons. The summed E-state index contributed by atoms with van der Waals surface area (Å²) in [5.41, 5.74) is 9.40. The number of aromatic amines is 1. The molecule has 1 heterocycles. The first-order chi connectivity index (χ1) is 11.1. The molecule has 4 nitrogen and oxygen atoms in total. The van der Waals surface area contributed by atoms with Gasteiger partial charge in [0.15, 0.2) is 0 Å². The molecule has 1 unspecified atom stereocenters. The first-order valence-corrected chi connectivity index (χ1v) is 7.74. The lowest BCUT2D eigenvalue weighted by atomic mass is 10.0. The standard InChI is InChI=1S/C19H21N3O/c1-22(13-14-7-3-2-4-8-14)19(23)17(20)11-15-12-21-18-10-6-5-9-16(15)18/h2-10,12,17,21H,11,13,20H2,1H3. The van der Waals surface area contributed by atoms with Crippen molar-refractivity contribution in [2.24, 2.45) is 5.73 Å². The van der Waals surface area contributed by atoms with Crippen molar-refractivity contribution in [1.29, 1.82) is 0 Å². The number of nitrogens with zero attached hydrogens (tertiary/aromatic N) is 1. The van der Waals surface area contributed by atoms with Gasteiger partial charge in [-0.05, 0) is 23.6 Å². The van der Waals surface area contributed by atoms with Crippen molar-refractivity contribution in [1.82, 2.24) is 9.88 Å². The number of benzene rings is 2. The maximum atomic E-state index is 12.5. The topological polar surface area (TPSA) is 62.1 Å². The van der Waals surface area contributed by atoms with Crippen LogP contribution >= 0.6 is 0 Å². The number of carbonyl (C=O) groups is 1. The third-order valence-electron chi connectivity index (χ3n) is 4.07. The minimum atomic E-state index is -0.539. The normalized spacial score (nSPS) is 12.3. The molecule has 1 atom stereocenters. The van der Waals surface area contributed by atoms with E-state index in [4.69, 9.17) is 5.73 Å². The fourth-order valence-corrected chi connectivity index (χ4v) is 2.84. The predicted octanol–water partition coefficient (Wildman–Crippen LogP) is 2.70. The number of hydrogen-bond donors (Lipinski definition) is 2. The van der Waals surface area contributed by atoms with E-state index in [2.05, 4.69) is 4.98 Å². The molecule has 118 valence electrons. The first-order valence-electron chi connectivity index (χ1n) is 7.74. The summed E-state index contributed by atoms with van der Waals surface area (Å²) in [4.78, 5) is 17.4. The lowest BCUT2D eigenvalue weighted by Crippen LogP contribution is -2.42. The summed E-state index contributed by atoms with van der Waals surface area (Å²) in [5, 5.41) is 1.13. The molecule has 4 heteroatoms. The molecule has 0 aliphatic rings. The van der Waals surface area contributed by atoms with Gasteiger partial charge < -0.3 is 15.6 Å². The minimum Gasteiger partial charge on any atom is -0.361 e. The zero-order valence-corrected chi connectivity index (χ0v) is 13.2. The maximum absolute atomic E-state index is 12.5. The highest BCUT2D eigenvalue weighted by molar-refractivity contribution is 5.86. The van der Waals surface area contributed by atoms with Crippen LogP contribution in [0.3, 0.4) is 0 Å². The number of nitrogens with one attached hydrogen (secondary N) is 1. The van der Waals surface area contributed by atoms with Crippen molar-refractivity contribution in [3.63, 3.8) is 0 Å². The van der Waals surface area contributed by atoms with E-state index in [1.165, 1.54) is 0 Å². The van der Waals surface area contributed by atoms with Gasteiger partial charge in [0, 0.05) is 30.7 Å². The van der Waals surface area contributed by atoms with Gasteiger partial charge in [0.1, 0.15) is 0 Å². The Bertz CT molecular complexity index is 794. The van der Waals surface area contributed by atoms with Gasteiger partial charge in [-0.15, -0.1) is 0 Å². The highest BCUT2D eigenvalue weighted by atomic mass is 16.2. The van der Waals surface area contributed by atoms with Crippen LogP contribution in [0.5, 0.6) is 0 Å². The number of rotatable bonds is 5. The summed E-state index contributed by atoms with van der Waals surface area (Å²) in [6.45, 7) is 0.571. The molecule has 0 saturated heterocycles. The van der Waals surface area contributed by atoms with Gasteiger partial charge in [-0.3, -0.25) is 4.79 Å². The van der Waals surface area contributed by atoms with E-state index in [0.717, 1.165) is 22.0 Å². The minimum absolute atomic E-state index is 0.0425. The van der Waals surface area contributed by atoms with Gasteiger partial charge in [0.05, 0.1) is 6.04 Å². The summed E-state index contributed by atoms with van der Waals surface area (Å²) in [6.07, 6.45) is 2.47. The third kappa shape index (κ3) is 3.43. The Morgan fingerprint density at radius 1 is 1.13 bits per heavy atom. The average molecular weight is 307 g/mol. The fraction of sp³-hybridized carbons (Fsp3) is 0.211. The Morgan fingerprint density at radius 3 is 2.61 bits per heavy atom. The highest BCUT2D eigenvalue weighted by Gasteiger charge is 2.19. The Hall–Kier alpha value is -2.59. The quantitative estimate of drug-likeness (QED) is 0.761. The second-order valence-electron chi connectivity index (χ2n) is 5.85. The second kappa shape index (κ2) is 6.67. The van der Waals surface area contributed by atoms with Crippen LogP contribution in [0.2, 0.25) is 0 Å². The molecule has 0 fully saturated rings. The van der Waals surface area contributed by atoms with E-state index in [1.807, 2.05) is 60.8 Å². The van der Waals surface area contributed by atoms with E-state index in [9.17, 15) is 4.79 Å². The van der Waals surface area contributed by atoms with E-state index in [1.54, 1.807) is 11.9 Å². The average Bonchev–Trinajstić information content (AvgIpc) is 2.98. The number of carbonyl (C=O) groups excluding carboxylic acids is 1. The zero-order chi connectivity index (χ0) is 16.2. The Labute approximate surface area is 135 Å². The molecule has 1 amide bonds. The van der Waals surface area contributed by atoms with E-state index >= 15 is 0 Å². The number of para-hydroxylation sites is 1. The smallest absolute Gasteiger partial charge is 0.239 e. The monoisotopic (exact) mass is 307 g/mol. The van der Waals surface area contributed by atoms with Gasteiger partial charge in [-0.2, -0.15) is 0 Å². The molecule has 0 aliphatic heterocycles. The van der Waals surface area contributed by atoms with Crippen molar-refractivity contribution in [3.05, 3.63) is 71.9 Å². The molecule has 3 rings (SSSR count). The number of likely N-dealkylation sites (N-methyl/N-ethyl adjacent to an activating group) is 1. The van der Waals surface area contributed by atoms with Gasteiger partial charge in [0.2, 0.25) is 5.91 Å². The molecule has 1 aromatic heterocycles. The van der Waals surface area contributed by atoms with Gasteiger partial charge in [0.25, 0.3) is 0 Å². The van der Waals surface area contributed by atoms with Crippen LogP contribution in [0, 0.1) is 0 Å². The number of nitrogens with two attached hydrogens (primary N) is 1. The van der Waals surface area contributed by atoms with Crippen LogP contribution < -0.4 is 5.73 Å². The van der Waals surface area contributed by atoms with Crippen LogP contribution in [0.15, 0.2) is 60.8 Å². The van der Waals surface area contributed by atoms with Gasteiger partial charge in [-0.25, -0.2) is 0 Å². The van der Waals surface area contributed by atoms with Crippen LogP contribution in [-0.2, 0) is 17.8 Å². The SMILES string of the molecule is CN(Cc1ccccc1)C(=O)C(N)Cc1c[nH]c2ccccc12. The molecule has 3 aromatic rings. The first kappa shape index (κ1) is 15.3. The number of hydrogen-bond acceptors (Lipinski definition) is 2. The highest BCUT2D eigenvalue weighted by Crippen LogP contribution is 2.19. The van der Waals surface area contributed by atoms with Crippen LogP contribution in [0.25, 0.3) is 10.9 Å². The van der Waals surface area contributed by atoms with Crippen molar-refractivity contribution in [2.45, 2.75) is 19.0 Å². The molecule has 23 heavy (non-hydrogen) atoms. The predicted molar refractivity (Wildman–Crippen MR) is 92.9 cm³/mol. The molecule has 0 saturated carbocycles. The third-order valence-corrected chi connectivity index (χ3v) is 4.07. The summed E-state index contributed by atoms with van der Waals surface area (Å²) < 4.78 is 0. The summed E-state index contributed by atoms with van der Waals surface area (Å²) in [7, 11) is 1.80. The van der Waals surface area contributed by atoms with Crippen molar-refractivity contribution in [2.75, 3.05) is 7.05 Å². The summed E-state index contributed by atoms with van der Waals surface area (Å²) >= 11 is 0. The lowest BCUT2D eigenvalue weighted by molar-refractivity contribution is -0.131. The fourth-order valence-electron chi connectivity index (χ4n) is 2.84. The number of H-pyrrole nitrogens is 1. The van der Waals surface area contributed by atoms with E-state index in [-0.39, 0.29) is 5.91 Å². The largest absolute Gasteiger partial charge is 0.361 e. The molecular weight excluding hydrogens is 286 g/mol. The van der Waals surface area contributed by atoms with E-state index in [0.29, 0.717) is 13.0 Å². The van der Waals surface area contributed by atoms with Crippen molar-refractivity contribution < 1.29 is 4.79 Å². The summed E-state index contributed by atoms with van der Waals surface area (Å²) in [6, 6.07) is 17.4. The molecule has 3 N–H and O–H groups in total. The Morgan fingerprint density at radius 2 is 1.83 bits per heavy atom. The summed E-state index contributed by atoms with van der Waals surface area (Å²) in [5.74, 6) is -0.0425. The molecule has 0 aliphatic carbocycles.